The van der Waals surface area contributed by atoms with E-state index in [0.29, 0.717) is 34.3 Å². The summed E-state index contributed by atoms with van der Waals surface area (Å²) >= 11 is 5.79. The molecule has 0 saturated carbocycles. The minimum atomic E-state index is -4.65. The number of likely N-dealkylation sites (N-methyl/N-ethyl adjacent to an activating group) is 1. The smallest absolute Gasteiger partial charge is 0.258 e. The van der Waals surface area contributed by atoms with Gasteiger partial charge in [0.25, 0.3) is 5.91 Å². The first-order valence-electron chi connectivity index (χ1n) is 12.0. The molecule has 11 nitrogen and oxygen atoms in total. The van der Waals surface area contributed by atoms with Crippen LogP contribution in [0.4, 0.5) is 8.78 Å². The van der Waals surface area contributed by atoms with Crippen LogP contribution in [0.2, 0.25) is 5.02 Å². The molecule has 1 heterocycles. The summed E-state index contributed by atoms with van der Waals surface area (Å²) in [7, 11) is -1.18. The maximum atomic E-state index is 14.8. The number of aliphatic hydroxyl groups excluding tert-OH is 1. The topological polar surface area (TPSA) is 132 Å². The van der Waals surface area contributed by atoms with E-state index in [1.165, 1.54) is 41.7 Å². The van der Waals surface area contributed by atoms with Crippen LogP contribution in [0.25, 0.3) is 0 Å². The standard InChI is InChI=1S/C24H31ClF2N4O7S/c1-29-9-7-18(8-10-29)38-24(33)30(2)11-12-31(15-22(32)28-34)39(35,36)19-13-20(26)23(21(27)14-19)37-17-5-3-16(25)4-6-17/h3-6,13-14,18,24,33-34H,7-12,15H2,1-2H3,(H,28,32). The normalized spacial score (nSPS) is 16.0. The SMILES string of the molecule is CN1CCC(OC(O)N(C)CCN(CC(=O)NO)S(=O)(=O)c2cc(F)c(Oc3ccc(Cl)cc3)c(F)c2)CC1. The molecule has 2 aromatic carbocycles. The molecular weight excluding hydrogens is 562 g/mol. The molecule has 0 bridgehead atoms. The van der Waals surface area contributed by atoms with Crippen molar-refractivity contribution in [2.75, 3.05) is 46.8 Å². The van der Waals surface area contributed by atoms with Gasteiger partial charge in [-0.2, -0.15) is 4.31 Å². The molecule has 3 N–H and O–H groups in total. The Morgan fingerprint density at radius 1 is 1.18 bits per heavy atom. The molecule has 1 aliphatic heterocycles. The van der Waals surface area contributed by atoms with Gasteiger partial charge in [0.2, 0.25) is 16.4 Å². The number of ether oxygens (including phenoxy) is 2. The van der Waals surface area contributed by atoms with E-state index < -0.39 is 51.2 Å². The molecule has 0 radical (unpaired) electrons. The van der Waals surface area contributed by atoms with Gasteiger partial charge in [0.1, 0.15) is 5.75 Å². The molecular formula is C24H31ClF2N4O7S. The molecule has 0 aromatic heterocycles. The molecule has 216 valence electrons. The Labute approximate surface area is 230 Å². The van der Waals surface area contributed by atoms with E-state index in [2.05, 4.69) is 4.90 Å². The highest BCUT2D eigenvalue weighted by atomic mass is 35.5. The number of nitrogens with zero attached hydrogens (tertiary/aromatic N) is 3. The lowest BCUT2D eigenvalue weighted by molar-refractivity contribution is -0.217. The van der Waals surface area contributed by atoms with Gasteiger partial charge < -0.3 is 19.5 Å². The van der Waals surface area contributed by atoms with Crippen LogP contribution in [0, 0.1) is 11.6 Å². The first-order chi connectivity index (χ1) is 18.4. The molecule has 1 amide bonds. The van der Waals surface area contributed by atoms with Crippen molar-refractivity contribution in [1.82, 2.24) is 19.6 Å². The van der Waals surface area contributed by atoms with Gasteiger partial charge in [0.15, 0.2) is 17.4 Å². The summed E-state index contributed by atoms with van der Waals surface area (Å²) < 4.78 is 67.7. The van der Waals surface area contributed by atoms with Crippen LogP contribution in [-0.2, 0) is 19.6 Å². The van der Waals surface area contributed by atoms with Gasteiger partial charge in [0.05, 0.1) is 17.5 Å². The first kappa shape index (κ1) is 31.1. The highest BCUT2D eigenvalue weighted by molar-refractivity contribution is 7.89. The molecule has 2 aromatic rings. The van der Waals surface area contributed by atoms with Gasteiger partial charge in [0, 0.05) is 31.2 Å². The predicted molar refractivity (Wildman–Crippen MR) is 137 cm³/mol. The predicted octanol–water partition coefficient (Wildman–Crippen LogP) is 2.23. The van der Waals surface area contributed by atoms with Crippen molar-refractivity contribution in [3.05, 3.63) is 53.1 Å². The first-order valence-corrected chi connectivity index (χ1v) is 13.8. The number of halogens is 3. The average molecular weight is 593 g/mol. The van der Waals surface area contributed by atoms with Crippen LogP contribution in [0.15, 0.2) is 41.3 Å². The van der Waals surface area contributed by atoms with Crippen LogP contribution in [-0.4, -0.2) is 98.1 Å². The molecule has 1 unspecified atom stereocenters. The number of hydrogen-bond donors (Lipinski definition) is 3. The highest BCUT2D eigenvalue weighted by Gasteiger charge is 2.30. The number of sulfonamides is 1. The van der Waals surface area contributed by atoms with Gasteiger partial charge in [-0.1, -0.05) is 11.6 Å². The number of carbonyl (C=O) groups excluding carboxylic acids is 1. The van der Waals surface area contributed by atoms with E-state index in [9.17, 15) is 27.1 Å². The molecule has 39 heavy (non-hydrogen) atoms. The Morgan fingerprint density at radius 3 is 2.33 bits per heavy atom. The van der Waals surface area contributed by atoms with Crippen LogP contribution in [0.5, 0.6) is 11.5 Å². The summed E-state index contributed by atoms with van der Waals surface area (Å²) in [4.78, 5) is 14.5. The second kappa shape index (κ2) is 13.8. The largest absolute Gasteiger partial charge is 0.451 e. The molecule has 0 spiro atoms. The fourth-order valence-corrected chi connectivity index (χ4v) is 5.35. The quantitative estimate of drug-likeness (QED) is 0.193. The van der Waals surface area contributed by atoms with E-state index in [-0.39, 0.29) is 24.9 Å². The number of piperidine rings is 1. The third kappa shape index (κ3) is 8.53. The van der Waals surface area contributed by atoms with E-state index in [4.69, 9.17) is 26.3 Å². The summed E-state index contributed by atoms with van der Waals surface area (Å²) in [5.41, 5.74) is 1.34. The van der Waals surface area contributed by atoms with Gasteiger partial charge in [-0.05, 0) is 63.3 Å². The average Bonchev–Trinajstić information content (AvgIpc) is 2.90. The molecule has 1 aliphatic rings. The number of amides is 1. The number of nitrogens with one attached hydrogen (secondary N) is 1. The summed E-state index contributed by atoms with van der Waals surface area (Å²) in [6, 6.07) is 6.78. The lowest BCUT2D eigenvalue weighted by Crippen LogP contribution is -2.46. The Balaban J connectivity index is 1.74. The van der Waals surface area contributed by atoms with E-state index >= 15 is 0 Å². The molecule has 1 atom stereocenters. The molecule has 3 rings (SSSR count). The fourth-order valence-electron chi connectivity index (χ4n) is 3.81. The van der Waals surface area contributed by atoms with Crippen molar-refractivity contribution < 1.29 is 41.8 Å². The molecule has 15 heteroatoms. The number of rotatable bonds is 12. The lowest BCUT2D eigenvalue weighted by atomic mass is 10.1. The van der Waals surface area contributed by atoms with E-state index in [0.717, 1.165) is 13.1 Å². The van der Waals surface area contributed by atoms with Crippen LogP contribution in [0.1, 0.15) is 12.8 Å². The van der Waals surface area contributed by atoms with Gasteiger partial charge in [-0.15, -0.1) is 0 Å². The second-order valence-corrected chi connectivity index (χ2v) is 11.5. The van der Waals surface area contributed by atoms with Crippen molar-refractivity contribution in [2.45, 2.75) is 30.3 Å². The number of hydroxylamine groups is 1. The van der Waals surface area contributed by atoms with Crippen LogP contribution >= 0.6 is 11.6 Å². The summed E-state index contributed by atoms with van der Waals surface area (Å²) in [5.74, 6) is -4.43. The second-order valence-electron chi connectivity index (χ2n) is 9.09. The maximum absolute atomic E-state index is 14.8. The van der Waals surface area contributed by atoms with E-state index in [1.807, 2.05) is 7.05 Å². The third-order valence-corrected chi connectivity index (χ3v) is 8.22. The number of carbonyl (C=O) groups is 1. The number of aliphatic hydroxyl groups is 1. The number of likely N-dealkylation sites (tertiary alicyclic amines) is 1. The molecule has 1 saturated heterocycles. The summed E-state index contributed by atoms with van der Waals surface area (Å²) in [5, 5.41) is 19.7. The number of hydrogen-bond acceptors (Lipinski definition) is 9. The Kier molecular flexibility index (Phi) is 11.0. The third-order valence-electron chi connectivity index (χ3n) is 6.15. The van der Waals surface area contributed by atoms with Crippen LogP contribution in [0.3, 0.4) is 0 Å². The summed E-state index contributed by atoms with van der Waals surface area (Å²) in [6.07, 6.45) is -0.104. The minimum absolute atomic E-state index is 0.0677. The van der Waals surface area contributed by atoms with Crippen molar-refractivity contribution in [3.63, 3.8) is 0 Å². The van der Waals surface area contributed by atoms with Crippen molar-refractivity contribution >= 4 is 27.5 Å². The van der Waals surface area contributed by atoms with Gasteiger partial charge in [-0.3, -0.25) is 14.9 Å². The van der Waals surface area contributed by atoms with Crippen molar-refractivity contribution in [3.8, 4) is 11.5 Å². The van der Waals surface area contributed by atoms with Crippen molar-refractivity contribution in [1.29, 1.82) is 0 Å². The Morgan fingerprint density at radius 2 is 1.77 bits per heavy atom. The Hall–Kier alpha value is -2.43. The molecule has 0 aliphatic carbocycles. The number of benzene rings is 2. The summed E-state index contributed by atoms with van der Waals surface area (Å²) in [6.45, 7) is 0.256. The van der Waals surface area contributed by atoms with Gasteiger partial charge >= 0.3 is 0 Å². The van der Waals surface area contributed by atoms with Crippen molar-refractivity contribution in [2.24, 2.45) is 0 Å². The fraction of sp³-hybridized carbons (Fsp3) is 0.458. The zero-order chi connectivity index (χ0) is 28.7. The van der Waals surface area contributed by atoms with E-state index in [1.54, 1.807) is 0 Å². The van der Waals surface area contributed by atoms with Crippen LogP contribution < -0.4 is 10.2 Å². The zero-order valence-electron chi connectivity index (χ0n) is 21.4. The lowest BCUT2D eigenvalue weighted by Gasteiger charge is -2.33. The minimum Gasteiger partial charge on any atom is -0.451 e. The maximum Gasteiger partial charge on any atom is 0.258 e. The zero-order valence-corrected chi connectivity index (χ0v) is 23.0. The monoisotopic (exact) mass is 592 g/mol. The molecule has 1 fully saturated rings. The highest BCUT2D eigenvalue weighted by Crippen LogP contribution is 2.31. The Bertz CT molecular complexity index is 1210. The van der Waals surface area contributed by atoms with Gasteiger partial charge in [-0.25, -0.2) is 22.7 Å².